The minimum atomic E-state index is -0.620. The summed E-state index contributed by atoms with van der Waals surface area (Å²) in [5.41, 5.74) is -0.426. The van der Waals surface area contributed by atoms with Crippen LogP contribution in [0, 0.1) is 0 Å². The second-order valence-electron chi connectivity index (χ2n) is 5.13. The van der Waals surface area contributed by atoms with Crippen molar-refractivity contribution < 1.29 is 19.1 Å². The molecule has 0 aromatic heterocycles. The molecule has 1 aromatic carbocycles. The zero-order valence-corrected chi connectivity index (χ0v) is 14.5. The molecular weight excluding hydrogens is 335 g/mol. The minimum absolute atomic E-state index is 0.109. The molecule has 21 heavy (non-hydrogen) atoms. The maximum absolute atomic E-state index is 12.0. The SMILES string of the molecule is COC(=O)CSc1cc(Cl)c(C(=O)OC(C)(C)C)cc1Cl. The third kappa shape index (κ3) is 5.77. The van der Waals surface area contributed by atoms with Crippen molar-refractivity contribution in [3.63, 3.8) is 0 Å². The number of esters is 2. The van der Waals surface area contributed by atoms with Crippen molar-refractivity contribution in [2.24, 2.45) is 0 Å². The molecular formula is C14H16Cl2O4S. The summed E-state index contributed by atoms with van der Waals surface area (Å²) in [5.74, 6) is -0.805. The Morgan fingerprint density at radius 1 is 1.19 bits per heavy atom. The van der Waals surface area contributed by atoms with Crippen LogP contribution in [0.4, 0.5) is 0 Å². The maximum Gasteiger partial charge on any atom is 0.340 e. The van der Waals surface area contributed by atoms with Crippen LogP contribution in [0.2, 0.25) is 10.0 Å². The number of ether oxygens (including phenoxy) is 2. The Balaban J connectivity index is 2.94. The van der Waals surface area contributed by atoms with Crippen molar-refractivity contribution in [1.29, 1.82) is 0 Å². The molecule has 0 atom stereocenters. The van der Waals surface area contributed by atoms with Gasteiger partial charge in [-0.15, -0.1) is 11.8 Å². The third-order valence-electron chi connectivity index (χ3n) is 2.21. The van der Waals surface area contributed by atoms with Crippen molar-refractivity contribution in [3.8, 4) is 0 Å². The summed E-state index contributed by atoms with van der Waals surface area (Å²) in [6, 6.07) is 2.98. The Hall–Kier alpha value is -0.910. The fourth-order valence-electron chi connectivity index (χ4n) is 1.32. The van der Waals surface area contributed by atoms with Gasteiger partial charge in [0.15, 0.2) is 0 Å². The summed E-state index contributed by atoms with van der Waals surface area (Å²) in [6.45, 7) is 5.29. The molecule has 0 aliphatic heterocycles. The summed E-state index contributed by atoms with van der Waals surface area (Å²) < 4.78 is 9.80. The number of carbonyl (C=O) groups is 2. The quantitative estimate of drug-likeness (QED) is 0.601. The second kappa shape index (κ2) is 7.38. The van der Waals surface area contributed by atoms with E-state index >= 15 is 0 Å². The van der Waals surface area contributed by atoms with E-state index in [0.29, 0.717) is 9.92 Å². The Morgan fingerprint density at radius 3 is 2.33 bits per heavy atom. The fourth-order valence-corrected chi connectivity index (χ4v) is 2.75. The third-order valence-corrected chi connectivity index (χ3v) is 3.98. The molecule has 0 amide bonds. The second-order valence-corrected chi connectivity index (χ2v) is 6.96. The molecule has 0 heterocycles. The molecule has 1 aromatic rings. The zero-order valence-electron chi connectivity index (χ0n) is 12.2. The maximum atomic E-state index is 12.0. The number of hydrogen-bond donors (Lipinski definition) is 0. The van der Waals surface area contributed by atoms with Gasteiger partial charge in [0.2, 0.25) is 0 Å². The standard InChI is InChI=1S/C14H16Cl2O4S/c1-14(2,3)20-13(18)8-5-10(16)11(6-9(8)15)21-7-12(17)19-4/h5-6H,7H2,1-4H3. The van der Waals surface area contributed by atoms with Gasteiger partial charge in [0.1, 0.15) is 5.60 Å². The molecule has 0 aliphatic rings. The van der Waals surface area contributed by atoms with Crippen molar-refractivity contribution >= 4 is 46.9 Å². The van der Waals surface area contributed by atoms with E-state index in [4.69, 9.17) is 27.9 Å². The van der Waals surface area contributed by atoms with E-state index in [1.807, 2.05) is 0 Å². The lowest BCUT2D eigenvalue weighted by Crippen LogP contribution is -2.24. The molecule has 0 spiro atoms. The van der Waals surface area contributed by atoms with Gasteiger partial charge in [-0.2, -0.15) is 0 Å². The Kier molecular flexibility index (Phi) is 6.38. The summed E-state index contributed by atoms with van der Waals surface area (Å²) in [4.78, 5) is 23.7. The predicted octanol–water partition coefficient (Wildman–Crippen LogP) is 4.21. The molecule has 0 bridgehead atoms. The van der Waals surface area contributed by atoms with Crippen LogP contribution >= 0.6 is 35.0 Å². The van der Waals surface area contributed by atoms with Crippen molar-refractivity contribution in [2.45, 2.75) is 31.3 Å². The van der Waals surface area contributed by atoms with E-state index < -0.39 is 11.6 Å². The smallest absolute Gasteiger partial charge is 0.340 e. The van der Waals surface area contributed by atoms with E-state index in [0.717, 1.165) is 0 Å². The summed E-state index contributed by atoms with van der Waals surface area (Å²) in [6.07, 6.45) is 0. The molecule has 0 N–H and O–H groups in total. The van der Waals surface area contributed by atoms with Crippen LogP contribution in [0.1, 0.15) is 31.1 Å². The Labute approximate surface area is 138 Å². The first-order valence-corrected chi connectivity index (χ1v) is 7.80. The predicted molar refractivity (Wildman–Crippen MR) is 84.4 cm³/mol. The topological polar surface area (TPSA) is 52.6 Å². The molecule has 7 heteroatoms. The molecule has 0 saturated carbocycles. The number of hydrogen-bond acceptors (Lipinski definition) is 5. The summed E-state index contributed by atoms with van der Waals surface area (Å²) >= 11 is 13.4. The Morgan fingerprint density at radius 2 is 1.81 bits per heavy atom. The molecule has 4 nitrogen and oxygen atoms in total. The molecule has 116 valence electrons. The molecule has 0 fully saturated rings. The van der Waals surface area contributed by atoms with Crippen LogP contribution in [0.15, 0.2) is 17.0 Å². The van der Waals surface area contributed by atoms with Crippen molar-refractivity contribution in [3.05, 3.63) is 27.7 Å². The summed E-state index contributed by atoms with van der Waals surface area (Å²) in [7, 11) is 1.31. The first kappa shape index (κ1) is 18.1. The van der Waals surface area contributed by atoms with Gasteiger partial charge in [-0.3, -0.25) is 4.79 Å². The van der Waals surface area contributed by atoms with E-state index in [1.165, 1.54) is 31.0 Å². The van der Waals surface area contributed by atoms with E-state index in [1.54, 1.807) is 20.8 Å². The molecule has 1 rings (SSSR count). The van der Waals surface area contributed by atoms with Crippen LogP contribution in [0.5, 0.6) is 0 Å². The highest BCUT2D eigenvalue weighted by Gasteiger charge is 2.21. The lowest BCUT2D eigenvalue weighted by Gasteiger charge is -2.20. The summed E-state index contributed by atoms with van der Waals surface area (Å²) in [5, 5.41) is 0.551. The average molecular weight is 351 g/mol. The lowest BCUT2D eigenvalue weighted by molar-refractivity contribution is -0.137. The number of rotatable bonds is 4. The van der Waals surface area contributed by atoms with Gasteiger partial charge in [-0.25, -0.2) is 4.79 Å². The largest absolute Gasteiger partial charge is 0.468 e. The van der Waals surface area contributed by atoms with Crippen molar-refractivity contribution in [1.82, 2.24) is 0 Å². The minimum Gasteiger partial charge on any atom is -0.468 e. The van der Waals surface area contributed by atoms with Crippen LogP contribution in [0.3, 0.4) is 0 Å². The van der Waals surface area contributed by atoms with Crippen LogP contribution in [-0.2, 0) is 14.3 Å². The normalized spacial score (nSPS) is 11.1. The van der Waals surface area contributed by atoms with Gasteiger partial charge >= 0.3 is 11.9 Å². The molecule has 0 radical (unpaired) electrons. The number of methoxy groups -OCH3 is 1. The van der Waals surface area contributed by atoms with Crippen LogP contribution in [-0.4, -0.2) is 30.4 Å². The van der Waals surface area contributed by atoms with Gasteiger partial charge in [-0.1, -0.05) is 23.2 Å². The lowest BCUT2D eigenvalue weighted by atomic mass is 10.1. The zero-order chi connectivity index (χ0) is 16.2. The van der Waals surface area contributed by atoms with Crippen molar-refractivity contribution in [2.75, 3.05) is 12.9 Å². The molecule has 0 unspecified atom stereocenters. The first-order valence-electron chi connectivity index (χ1n) is 6.06. The molecule has 0 saturated heterocycles. The van der Waals surface area contributed by atoms with Gasteiger partial charge in [0.25, 0.3) is 0 Å². The molecule has 0 aliphatic carbocycles. The van der Waals surface area contributed by atoms with Crippen LogP contribution < -0.4 is 0 Å². The van der Waals surface area contributed by atoms with E-state index in [2.05, 4.69) is 4.74 Å². The van der Waals surface area contributed by atoms with Gasteiger partial charge in [-0.05, 0) is 32.9 Å². The van der Waals surface area contributed by atoms with Gasteiger partial charge < -0.3 is 9.47 Å². The number of thioether (sulfide) groups is 1. The van der Waals surface area contributed by atoms with Gasteiger partial charge in [0, 0.05) is 4.90 Å². The monoisotopic (exact) mass is 350 g/mol. The van der Waals surface area contributed by atoms with E-state index in [9.17, 15) is 9.59 Å². The van der Waals surface area contributed by atoms with Crippen LogP contribution in [0.25, 0.3) is 0 Å². The number of benzene rings is 1. The number of halogens is 2. The first-order chi connectivity index (χ1) is 9.64. The van der Waals surface area contributed by atoms with Gasteiger partial charge in [0.05, 0.1) is 28.5 Å². The average Bonchev–Trinajstić information content (AvgIpc) is 2.36. The highest BCUT2D eigenvalue weighted by Crippen LogP contribution is 2.33. The highest BCUT2D eigenvalue weighted by molar-refractivity contribution is 8.00. The number of carbonyl (C=O) groups excluding carboxylic acids is 2. The van der Waals surface area contributed by atoms with E-state index in [-0.39, 0.29) is 22.3 Å². The Bertz CT molecular complexity index is 553. The highest BCUT2D eigenvalue weighted by atomic mass is 35.5. The fraction of sp³-hybridized carbons (Fsp3) is 0.429.